The lowest BCUT2D eigenvalue weighted by molar-refractivity contribution is -0.138. The number of rotatable bonds is 3. The standard InChI is InChI=1S/C16H12F3N3O3/c1-25-15(24)12-3-2-6-21-8-11(20-14(12)21)9-22-7-10(16(17,18)19)4-5-13(22)23/h2-8H,9H2,1H3. The van der Waals surface area contributed by atoms with E-state index >= 15 is 0 Å². The zero-order valence-corrected chi connectivity index (χ0v) is 12.9. The highest BCUT2D eigenvalue weighted by atomic mass is 19.4. The number of alkyl halides is 3. The molecule has 0 saturated carbocycles. The Balaban J connectivity index is 2.02. The van der Waals surface area contributed by atoms with Crippen LogP contribution in [0, 0.1) is 0 Å². The van der Waals surface area contributed by atoms with Gasteiger partial charge < -0.3 is 13.7 Å². The van der Waals surface area contributed by atoms with Crippen LogP contribution in [0.1, 0.15) is 21.6 Å². The Bertz CT molecular complexity index is 1010. The Hall–Kier alpha value is -3.10. The molecule has 6 nitrogen and oxygen atoms in total. The van der Waals surface area contributed by atoms with Crippen LogP contribution in [-0.4, -0.2) is 27.0 Å². The number of methoxy groups -OCH3 is 1. The van der Waals surface area contributed by atoms with Crippen molar-refractivity contribution in [3.8, 4) is 0 Å². The van der Waals surface area contributed by atoms with E-state index in [1.807, 2.05) is 0 Å². The maximum atomic E-state index is 12.8. The molecular formula is C16H12F3N3O3. The van der Waals surface area contributed by atoms with Crippen molar-refractivity contribution in [1.82, 2.24) is 14.0 Å². The normalized spacial score (nSPS) is 11.7. The minimum atomic E-state index is -4.55. The molecule has 0 unspecified atom stereocenters. The Kier molecular flexibility index (Phi) is 4.07. The molecule has 0 fully saturated rings. The van der Waals surface area contributed by atoms with E-state index in [-0.39, 0.29) is 12.1 Å². The largest absolute Gasteiger partial charge is 0.465 e. The van der Waals surface area contributed by atoms with Crippen LogP contribution in [0.5, 0.6) is 0 Å². The van der Waals surface area contributed by atoms with Gasteiger partial charge in [-0.05, 0) is 18.2 Å². The Morgan fingerprint density at radius 3 is 2.68 bits per heavy atom. The summed E-state index contributed by atoms with van der Waals surface area (Å²) in [7, 11) is 1.23. The van der Waals surface area contributed by atoms with Gasteiger partial charge in [0.15, 0.2) is 5.65 Å². The summed E-state index contributed by atoms with van der Waals surface area (Å²) in [6.45, 7) is -0.162. The molecule has 0 atom stereocenters. The van der Waals surface area contributed by atoms with Crippen LogP contribution in [0.2, 0.25) is 0 Å². The fraction of sp³-hybridized carbons (Fsp3) is 0.188. The molecule has 0 aliphatic rings. The number of ether oxygens (including phenoxy) is 1. The van der Waals surface area contributed by atoms with Gasteiger partial charge in [0, 0.05) is 24.7 Å². The number of imidazole rings is 1. The van der Waals surface area contributed by atoms with E-state index in [9.17, 15) is 22.8 Å². The third-order valence-electron chi connectivity index (χ3n) is 3.58. The highest BCUT2D eigenvalue weighted by Crippen LogP contribution is 2.28. The number of hydrogen-bond acceptors (Lipinski definition) is 4. The minimum Gasteiger partial charge on any atom is -0.465 e. The summed E-state index contributed by atoms with van der Waals surface area (Å²) in [6, 6.07) is 4.73. The van der Waals surface area contributed by atoms with Gasteiger partial charge in [-0.25, -0.2) is 9.78 Å². The van der Waals surface area contributed by atoms with E-state index in [1.165, 1.54) is 19.4 Å². The van der Waals surface area contributed by atoms with Crippen molar-refractivity contribution in [2.24, 2.45) is 0 Å². The average Bonchev–Trinajstić information content (AvgIpc) is 2.97. The maximum Gasteiger partial charge on any atom is 0.417 e. The highest BCUT2D eigenvalue weighted by Gasteiger charge is 2.31. The van der Waals surface area contributed by atoms with E-state index in [4.69, 9.17) is 0 Å². The summed E-state index contributed by atoms with van der Waals surface area (Å²) >= 11 is 0. The predicted molar refractivity (Wildman–Crippen MR) is 81.3 cm³/mol. The smallest absolute Gasteiger partial charge is 0.417 e. The van der Waals surface area contributed by atoms with E-state index in [0.717, 1.165) is 22.9 Å². The summed E-state index contributed by atoms with van der Waals surface area (Å²) in [5.74, 6) is -0.584. The zero-order valence-electron chi connectivity index (χ0n) is 12.9. The first-order valence-corrected chi connectivity index (χ1v) is 7.12. The van der Waals surface area contributed by atoms with Gasteiger partial charge in [-0.15, -0.1) is 0 Å². The third-order valence-corrected chi connectivity index (χ3v) is 3.58. The van der Waals surface area contributed by atoms with Gasteiger partial charge in [0.25, 0.3) is 5.56 Å². The molecule has 0 spiro atoms. The first-order chi connectivity index (χ1) is 11.8. The van der Waals surface area contributed by atoms with Crippen LogP contribution in [-0.2, 0) is 17.5 Å². The van der Waals surface area contributed by atoms with Crippen LogP contribution in [0.15, 0.2) is 47.7 Å². The number of esters is 1. The monoisotopic (exact) mass is 351 g/mol. The predicted octanol–water partition coefficient (Wildman–Crippen LogP) is 2.35. The van der Waals surface area contributed by atoms with Gasteiger partial charge >= 0.3 is 12.1 Å². The molecule has 0 aliphatic carbocycles. The Morgan fingerprint density at radius 1 is 1.24 bits per heavy atom. The summed E-state index contributed by atoms with van der Waals surface area (Å²) in [5, 5.41) is 0. The van der Waals surface area contributed by atoms with E-state index in [0.29, 0.717) is 11.3 Å². The van der Waals surface area contributed by atoms with Crippen LogP contribution in [0.25, 0.3) is 5.65 Å². The quantitative estimate of drug-likeness (QED) is 0.680. The molecule has 0 saturated heterocycles. The molecule has 0 radical (unpaired) electrons. The number of halogens is 3. The van der Waals surface area contributed by atoms with E-state index < -0.39 is 23.3 Å². The van der Waals surface area contributed by atoms with Gasteiger partial charge in [-0.1, -0.05) is 0 Å². The lowest BCUT2D eigenvalue weighted by Crippen LogP contribution is -2.22. The highest BCUT2D eigenvalue weighted by molar-refractivity contribution is 5.95. The fourth-order valence-electron chi connectivity index (χ4n) is 2.41. The summed E-state index contributed by atoms with van der Waals surface area (Å²) in [4.78, 5) is 27.8. The molecular weight excluding hydrogens is 339 g/mol. The topological polar surface area (TPSA) is 65.6 Å². The second kappa shape index (κ2) is 6.08. The van der Waals surface area contributed by atoms with Crippen molar-refractivity contribution in [3.63, 3.8) is 0 Å². The fourth-order valence-corrected chi connectivity index (χ4v) is 2.41. The van der Waals surface area contributed by atoms with Crippen molar-refractivity contribution in [1.29, 1.82) is 0 Å². The van der Waals surface area contributed by atoms with Gasteiger partial charge in [0.1, 0.15) is 5.56 Å². The maximum absolute atomic E-state index is 12.8. The minimum absolute atomic E-state index is 0.162. The lowest BCUT2D eigenvalue weighted by atomic mass is 10.2. The summed E-state index contributed by atoms with van der Waals surface area (Å²) < 4.78 is 45.5. The molecule has 0 N–H and O–H groups in total. The number of carbonyl (C=O) groups is 1. The van der Waals surface area contributed by atoms with Crippen molar-refractivity contribution < 1.29 is 22.7 Å². The number of fused-ring (bicyclic) bond motifs is 1. The number of nitrogens with zero attached hydrogens (tertiary/aromatic N) is 3. The van der Waals surface area contributed by atoms with Crippen molar-refractivity contribution in [2.45, 2.75) is 12.7 Å². The average molecular weight is 351 g/mol. The molecule has 25 heavy (non-hydrogen) atoms. The zero-order chi connectivity index (χ0) is 18.2. The molecule has 3 aromatic rings. The molecule has 0 aromatic carbocycles. The second-order valence-electron chi connectivity index (χ2n) is 5.26. The van der Waals surface area contributed by atoms with Crippen LogP contribution in [0.4, 0.5) is 13.2 Å². The van der Waals surface area contributed by atoms with Crippen molar-refractivity contribution in [3.05, 3.63) is 70.0 Å². The molecule has 0 aliphatic heterocycles. The second-order valence-corrected chi connectivity index (χ2v) is 5.26. The molecule has 9 heteroatoms. The molecule has 3 aromatic heterocycles. The molecule has 0 bridgehead atoms. The van der Waals surface area contributed by atoms with Gasteiger partial charge in [0.05, 0.1) is 24.9 Å². The first-order valence-electron chi connectivity index (χ1n) is 7.12. The van der Waals surface area contributed by atoms with Crippen LogP contribution < -0.4 is 5.56 Å². The lowest BCUT2D eigenvalue weighted by Gasteiger charge is -2.09. The Labute approximate surface area is 139 Å². The van der Waals surface area contributed by atoms with E-state index in [1.54, 1.807) is 16.7 Å². The third kappa shape index (κ3) is 3.25. The van der Waals surface area contributed by atoms with Gasteiger partial charge in [0.2, 0.25) is 0 Å². The number of aromatic nitrogens is 3. The first kappa shape index (κ1) is 16.7. The summed E-state index contributed by atoms with van der Waals surface area (Å²) in [5.41, 5.74) is -0.667. The summed E-state index contributed by atoms with van der Waals surface area (Å²) in [6.07, 6.45) is -0.637. The molecule has 130 valence electrons. The molecule has 0 amide bonds. The van der Waals surface area contributed by atoms with Crippen molar-refractivity contribution in [2.75, 3.05) is 7.11 Å². The van der Waals surface area contributed by atoms with Crippen molar-refractivity contribution >= 4 is 11.6 Å². The number of pyridine rings is 2. The molecule has 3 heterocycles. The molecule has 3 rings (SSSR count). The SMILES string of the molecule is COC(=O)c1cccn2cc(Cn3cc(C(F)(F)F)ccc3=O)nc12. The Morgan fingerprint density at radius 2 is 2.00 bits per heavy atom. The number of hydrogen-bond donors (Lipinski definition) is 0. The van der Waals surface area contributed by atoms with Crippen LogP contribution in [0.3, 0.4) is 0 Å². The van der Waals surface area contributed by atoms with Gasteiger partial charge in [-0.2, -0.15) is 13.2 Å². The van der Waals surface area contributed by atoms with Gasteiger partial charge in [-0.3, -0.25) is 4.79 Å². The van der Waals surface area contributed by atoms with Crippen LogP contribution >= 0.6 is 0 Å². The van der Waals surface area contributed by atoms with E-state index in [2.05, 4.69) is 9.72 Å². The number of carbonyl (C=O) groups excluding carboxylic acids is 1.